The van der Waals surface area contributed by atoms with Gasteiger partial charge >= 0.3 is 0 Å². The molecule has 8 heavy (non-hydrogen) atoms. The van der Waals surface area contributed by atoms with Gasteiger partial charge in [-0.3, -0.25) is 9.59 Å². The number of rotatable bonds is 3. The molecule has 1 amide bonds. The minimum absolute atomic E-state index is 0.443. The molecule has 0 aliphatic rings. The van der Waals surface area contributed by atoms with Gasteiger partial charge in [0.05, 0.1) is 0 Å². The molecule has 3 heteroatoms. The molecule has 3 nitrogen and oxygen atoms in total. The van der Waals surface area contributed by atoms with Crippen molar-refractivity contribution in [3.63, 3.8) is 0 Å². The molecule has 1 radical (unpaired) electrons. The Hall–Kier alpha value is -0.860. The smallest absolute Gasteiger partial charge is 0.228 e. The first-order valence-electron chi connectivity index (χ1n) is 2.39. The summed E-state index contributed by atoms with van der Waals surface area (Å²) in [6, 6.07) is 0. The van der Waals surface area contributed by atoms with Crippen molar-refractivity contribution in [2.75, 3.05) is 0 Å². The van der Waals surface area contributed by atoms with E-state index >= 15 is 0 Å². The third-order valence-electron chi connectivity index (χ3n) is 0.894. The van der Waals surface area contributed by atoms with Gasteiger partial charge in [-0.2, -0.15) is 0 Å². The first-order chi connectivity index (χ1) is 3.72. The molecule has 45 valence electrons. The highest BCUT2D eigenvalue weighted by molar-refractivity contribution is 5.90. The van der Waals surface area contributed by atoms with Crippen LogP contribution in [0.5, 0.6) is 0 Å². The Bertz CT molecular complexity index is 101. The highest BCUT2D eigenvalue weighted by Gasteiger charge is 2.10. The summed E-state index contributed by atoms with van der Waals surface area (Å²) in [6.45, 7) is 1.71. The van der Waals surface area contributed by atoms with Crippen LogP contribution in [0.4, 0.5) is 0 Å². The average molecular weight is 114 g/mol. The van der Waals surface area contributed by atoms with E-state index in [0.29, 0.717) is 6.42 Å². The van der Waals surface area contributed by atoms with Gasteiger partial charge in [-0.15, -0.1) is 0 Å². The Balaban J connectivity index is 3.69. The van der Waals surface area contributed by atoms with Crippen LogP contribution in [-0.2, 0) is 9.59 Å². The van der Waals surface area contributed by atoms with Crippen LogP contribution in [0, 0.1) is 5.92 Å². The third kappa shape index (κ3) is 1.73. The number of nitrogens with two attached hydrogens (primary N) is 1. The largest absolute Gasteiger partial charge is 0.369 e. The molecule has 0 spiro atoms. The van der Waals surface area contributed by atoms with Crippen LogP contribution >= 0.6 is 0 Å². The highest BCUT2D eigenvalue weighted by atomic mass is 16.2. The van der Waals surface area contributed by atoms with Crippen molar-refractivity contribution in [1.29, 1.82) is 0 Å². The lowest BCUT2D eigenvalue weighted by Crippen LogP contribution is -2.23. The van der Waals surface area contributed by atoms with Crippen molar-refractivity contribution in [3.05, 3.63) is 0 Å². The third-order valence-corrected chi connectivity index (χ3v) is 0.894. The molecule has 0 aliphatic carbocycles. The second-order valence-electron chi connectivity index (χ2n) is 1.48. The molecule has 0 fully saturated rings. The fraction of sp³-hybridized carbons (Fsp3) is 0.600. The molecular weight excluding hydrogens is 106 g/mol. The molecule has 0 saturated heterocycles. The summed E-state index contributed by atoms with van der Waals surface area (Å²) < 4.78 is 0. The second-order valence-corrected chi connectivity index (χ2v) is 1.48. The fourth-order valence-electron chi connectivity index (χ4n) is 0.343. The van der Waals surface area contributed by atoms with Crippen LogP contribution in [0.3, 0.4) is 0 Å². The number of carbonyl (C=O) groups excluding carboxylic acids is 2. The van der Waals surface area contributed by atoms with Crippen molar-refractivity contribution in [1.82, 2.24) is 0 Å². The quantitative estimate of drug-likeness (QED) is 0.508. The molecule has 0 aromatic carbocycles. The van der Waals surface area contributed by atoms with E-state index in [2.05, 4.69) is 0 Å². The van der Waals surface area contributed by atoms with Crippen LogP contribution < -0.4 is 5.73 Å². The van der Waals surface area contributed by atoms with Crippen molar-refractivity contribution >= 4 is 12.2 Å². The molecular formula is C5H8NO2. The van der Waals surface area contributed by atoms with E-state index in [1.165, 1.54) is 6.29 Å². The average Bonchev–Trinajstić information content (AvgIpc) is 1.69. The van der Waals surface area contributed by atoms with Crippen molar-refractivity contribution in [2.24, 2.45) is 11.7 Å². The molecule has 0 saturated carbocycles. The van der Waals surface area contributed by atoms with Gasteiger partial charge in [-0.25, -0.2) is 0 Å². The molecule has 0 aromatic heterocycles. The molecule has 0 bridgehead atoms. The van der Waals surface area contributed by atoms with E-state index in [1.54, 1.807) is 6.92 Å². The zero-order valence-corrected chi connectivity index (χ0v) is 4.68. The molecule has 1 unspecified atom stereocenters. The summed E-state index contributed by atoms with van der Waals surface area (Å²) in [7, 11) is 0. The first-order valence-corrected chi connectivity index (χ1v) is 2.39. The number of carbonyl (C=O) groups is 1. The number of amides is 1. The van der Waals surface area contributed by atoms with E-state index in [0.717, 1.165) is 0 Å². The van der Waals surface area contributed by atoms with Gasteiger partial charge in [-0.1, -0.05) is 6.92 Å². The van der Waals surface area contributed by atoms with Crippen LogP contribution in [-0.4, -0.2) is 12.2 Å². The molecule has 0 heterocycles. The Morgan fingerprint density at radius 2 is 2.38 bits per heavy atom. The Kier molecular flexibility index (Phi) is 2.84. The van der Waals surface area contributed by atoms with Crippen molar-refractivity contribution in [3.8, 4) is 0 Å². The maximum absolute atomic E-state index is 10.1. The van der Waals surface area contributed by atoms with E-state index in [4.69, 9.17) is 5.73 Å². The number of primary amides is 1. The van der Waals surface area contributed by atoms with Crippen LogP contribution in [0.2, 0.25) is 0 Å². The zero-order valence-electron chi connectivity index (χ0n) is 4.68. The maximum atomic E-state index is 10.1. The zero-order chi connectivity index (χ0) is 6.57. The number of hydrogen-bond donors (Lipinski definition) is 1. The molecule has 0 aliphatic heterocycles. The van der Waals surface area contributed by atoms with Crippen LogP contribution in [0.1, 0.15) is 13.3 Å². The standard InChI is InChI=1S/C5H8NO2/c1-2-4(3-7)5(6)8/h4H,2H2,1H3,(H2,6,8). The molecule has 1 atom stereocenters. The SMILES string of the molecule is CCC([C]=O)C(N)=O. The van der Waals surface area contributed by atoms with E-state index in [1.807, 2.05) is 0 Å². The second kappa shape index (κ2) is 3.18. The topological polar surface area (TPSA) is 60.2 Å². The molecule has 0 aromatic rings. The van der Waals surface area contributed by atoms with Gasteiger partial charge in [0.1, 0.15) is 5.92 Å². The summed E-state index contributed by atoms with van der Waals surface area (Å²) in [4.78, 5) is 19.9. The summed E-state index contributed by atoms with van der Waals surface area (Å²) >= 11 is 0. The van der Waals surface area contributed by atoms with Crippen molar-refractivity contribution < 1.29 is 9.59 Å². The molecule has 0 rings (SSSR count). The molecule has 2 N–H and O–H groups in total. The minimum Gasteiger partial charge on any atom is -0.369 e. The minimum atomic E-state index is -0.713. The van der Waals surface area contributed by atoms with E-state index < -0.39 is 11.8 Å². The monoisotopic (exact) mass is 114 g/mol. The fourth-order valence-corrected chi connectivity index (χ4v) is 0.343. The normalized spacial score (nSPS) is 12.6. The van der Waals surface area contributed by atoms with Crippen LogP contribution in [0.15, 0.2) is 0 Å². The summed E-state index contributed by atoms with van der Waals surface area (Å²) in [5.41, 5.74) is 4.76. The first kappa shape index (κ1) is 7.14. The highest BCUT2D eigenvalue weighted by Crippen LogP contribution is 1.94. The summed E-state index contributed by atoms with van der Waals surface area (Å²) in [6.07, 6.45) is 1.97. The van der Waals surface area contributed by atoms with Gasteiger partial charge in [0.2, 0.25) is 12.2 Å². The lowest BCUT2D eigenvalue weighted by Gasteiger charge is -1.95. The van der Waals surface area contributed by atoms with Gasteiger partial charge in [0.25, 0.3) is 0 Å². The van der Waals surface area contributed by atoms with Gasteiger partial charge in [0.15, 0.2) is 0 Å². The maximum Gasteiger partial charge on any atom is 0.228 e. The Labute approximate surface area is 47.9 Å². The predicted molar refractivity (Wildman–Crippen MR) is 28.7 cm³/mol. The summed E-state index contributed by atoms with van der Waals surface area (Å²) in [5.74, 6) is -1.31. The van der Waals surface area contributed by atoms with E-state index in [-0.39, 0.29) is 0 Å². The Morgan fingerprint density at radius 3 is 2.38 bits per heavy atom. The van der Waals surface area contributed by atoms with Gasteiger partial charge in [0, 0.05) is 0 Å². The Morgan fingerprint density at radius 1 is 1.88 bits per heavy atom. The lowest BCUT2D eigenvalue weighted by atomic mass is 10.1. The van der Waals surface area contributed by atoms with E-state index in [9.17, 15) is 9.59 Å². The predicted octanol–water partition coefficient (Wildman–Crippen LogP) is -0.392. The van der Waals surface area contributed by atoms with Gasteiger partial charge in [-0.05, 0) is 6.42 Å². The van der Waals surface area contributed by atoms with Gasteiger partial charge < -0.3 is 5.73 Å². The number of hydrogen-bond acceptors (Lipinski definition) is 2. The van der Waals surface area contributed by atoms with Crippen LogP contribution in [0.25, 0.3) is 0 Å². The lowest BCUT2D eigenvalue weighted by molar-refractivity contribution is -0.119. The summed E-state index contributed by atoms with van der Waals surface area (Å²) in [5, 5.41) is 0. The van der Waals surface area contributed by atoms with Crippen molar-refractivity contribution in [2.45, 2.75) is 13.3 Å².